The largest absolute Gasteiger partial charge is 0.350 e. The molecule has 31 heavy (non-hydrogen) atoms. The van der Waals surface area contributed by atoms with Crippen molar-refractivity contribution in [1.82, 2.24) is 15.5 Å². The van der Waals surface area contributed by atoms with Crippen molar-refractivity contribution in [2.45, 2.75) is 24.2 Å². The fraction of sp³-hybridized carbons (Fsp3) is 0.158. The monoisotopic (exact) mass is 479 g/mol. The molecule has 0 fully saturated rings. The zero-order chi connectivity index (χ0) is 22.6. The molecule has 0 spiro atoms. The predicted octanol–water partition coefficient (Wildman–Crippen LogP) is 3.38. The number of anilines is 2. The number of hydrogen-bond donors (Lipinski definition) is 3. The van der Waals surface area contributed by atoms with Gasteiger partial charge in [-0.3, -0.25) is 19.6 Å². The maximum absolute atomic E-state index is 12.8. The predicted molar refractivity (Wildman–Crippen MR) is 119 cm³/mol. The lowest BCUT2D eigenvalue weighted by atomic mass is 10.1. The first kappa shape index (κ1) is 22.7. The van der Waals surface area contributed by atoms with E-state index < -0.39 is 21.8 Å². The molecule has 3 N–H and O–H groups in total. The molecule has 0 radical (unpaired) electrons. The summed E-state index contributed by atoms with van der Waals surface area (Å²) in [6.07, 6.45) is 0. The van der Waals surface area contributed by atoms with Crippen molar-refractivity contribution in [2.75, 3.05) is 10.0 Å². The first-order chi connectivity index (χ1) is 14.7. The maximum atomic E-state index is 12.8. The Labute approximate surface area is 187 Å². The number of hydrogen-bond acceptors (Lipinski definition) is 7. The van der Waals surface area contributed by atoms with E-state index in [-0.39, 0.29) is 37.3 Å². The standard InChI is InChI=1S/C19H18ClN5O4S2/c1-11(2)21-17(27)13-8-4-6-10-15(13)25-31(28,29)19-24-23-18(30-19)22-16(26)12-7-3-5-9-14(12)20/h3-11,25H,1-2H3,(H,21,27)(H,22,23,26). The molecule has 1 heterocycles. The van der Waals surface area contributed by atoms with Crippen molar-refractivity contribution < 1.29 is 18.0 Å². The van der Waals surface area contributed by atoms with E-state index in [4.69, 9.17) is 11.6 Å². The molecular weight excluding hydrogens is 462 g/mol. The van der Waals surface area contributed by atoms with E-state index in [2.05, 4.69) is 25.6 Å². The quantitative estimate of drug-likeness (QED) is 0.445. The first-order valence-electron chi connectivity index (χ1n) is 8.99. The fourth-order valence-corrected chi connectivity index (χ4v) is 4.67. The van der Waals surface area contributed by atoms with Crippen LogP contribution < -0.4 is 15.4 Å². The number of rotatable bonds is 7. The van der Waals surface area contributed by atoms with Gasteiger partial charge in [-0.15, -0.1) is 10.2 Å². The number of halogens is 1. The molecule has 0 bridgehead atoms. The van der Waals surface area contributed by atoms with Crippen LogP contribution in [0.25, 0.3) is 0 Å². The van der Waals surface area contributed by atoms with Crippen molar-refractivity contribution in [3.8, 4) is 0 Å². The Morgan fingerprint density at radius 3 is 2.29 bits per heavy atom. The van der Waals surface area contributed by atoms with Gasteiger partial charge in [0, 0.05) is 6.04 Å². The minimum atomic E-state index is -4.15. The van der Waals surface area contributed by atoms with Gasteiger partial charge in [0.05, 0.1) is 21.8 Å². The van der Waals surface area contributed by atoms with E-state index in [9.17, 15) is 18.0 Å². The summed E-state index contributed by atoms with van der Waals surface area (Å²) in [7, 11) is -4.15. The highest BCUT2D eigenvalue weighted by molar-refractivity contribution is 7.94. The van der Waals surface area contributed by atoms with Crippen molar-refractivity contribution in [1.29, 1.82) is 0 Å². The second-order valence-corrected chi connectivity index (χ2v) is 9.83. The van der Waals surface area contributed by atoms with Gasteiger partial charge in [-0.1, -0.05) is 47.2 Å². The zero-order valence-electron chi connectivity index (χ0n) is 16.4. The average molecular weight is 480 g/mol. The highest BCUT2D eigenvalue weighted by Gasteiger charge is 2.24. The lowest BCUT2D eigenvalue weighted by molar-refractivity contribution is 0.0943. The average Bonchev–Trinajstić information content (AvgIpc) is 3.17. The van der Waals surface area contributed by atoms with Gasteiger partial charge in [0.2, 0.25) is 5.13 Å². The van der Waals surface area contributed by atoms with E-state index in [1.807, 2.05) is 0 Å². The summed E-state index contributed by atoms with van der Waals surface area (Å²) >= 11 is 6.66. The minimum Gasteiger partial charge on any atom is -0.350 e. The molecule has 1 aromatic heterocycles. The van der Waals surface area contributed by atoms with Crippen molar-refractivity contribution in [3.63, 3.8) is 0 Å². The van der Waals surface area contributed by atoms with E-state index >= 15 is 0 Å². The molecule has 162 valence electrons. The van der Waals surface area contributed by atoms with Crippen LogP contribution in [0.1, 0.15) is 34.6 Å². The van der Waals surface area contributed by atoms with Crippen LogP contribution in [0.15, 0.2) is 52.9 Å². The number of para-hydroxylation sites is 1. The van der Waals surface area contributed by atoms with Gasteiger partial charge in [-0.05, 0) is 38.1 Å². The molecule has 0 aliphatic heterocycles. The maximum Gasteiger partial charge on any atom is 0.291 e. The topological polar surface area (TPSA) is 130 Å². The van der Waals surface area contributed by atoms with E-state index in [1.165, 1.54) is 18.2 Å². The second kappa shape index (κ2) is 9.41. The lowest BCUT2D eigenvalue weighted by Crippen LogP contribution is -2.31. The molecule has 0 aliphatic rings. The number of carbonyl (C=O) groups is 2. The zero-order valence-corrected chi connectivity index (χ0v) is 18.8. The molecule has 2 aromatic carbocycles. The summed E-state index contributed by atoms with van der Waals surface area (Å²) in [5.74, 6) is -0.965. The molecule has 0 saturated heterocycles. The summed E-state index contributed by atoms with van der Waals surface area (Å²) < 4.78 is 27.5. The number of nitrogens with zero attached hydrogens (tertiary/aromatic N) is 2. The Hall–Kier alpha value is -3.02. The third kappa shape index (κ3) is 5.57. The van der Waals surface area contributed by atoms with Gasteiger partial charge in [0.15, 0.2) is 0 Å². The molecule has 3 aromatic rings. The Kier molecular flexibility index (Phi) is 6.88. The fourth-order valence-electron chi connectivity index (χ4n) is 2.48. The van der Waals surface area contributed by atoms with E-state index in [0.29, 0.717) is 11.3 Å². The van der Waals surface area contributed by atoms with Gasteiger partial charge < -0.3 is 5.32 Å². The summed E-state index contributed by atoms with van der Waals surface area (Å²) in [4.78, 5) is 24.7. The summed E-state index contributed by atoms with van der Waals surface area (Å²) in [5, 5.41) is 12.8. The number of carbonyl (C=O) groups excluding carboxylic acids is 2. The Morgan fingerprint density at radius 1 is 0.968 bits per heavy atom. The van der Waals surface area contributed by atoms with Crippen LogP contribution in [0.3, 0.4) is 0 Å². The Bertz CT molecular complexity index is 1230. The molecule has 9 nitrogen and oxygen atoms in total. The molecule has 12 heteroatoms. The van der Waals surface area contributed by atoms with Crippen molar-refractivity contribution in [3.05, 3.63) is 64.7 Å². The van der Waals surface area contributed by atoms with Crippen LogP contribution in [0.5, 0.6) is 0 Å². The molecular formula is C19H18ClN5O4S2. The SMILES string of the molecule is CC(C)NC(=O)c1ccccc1NS(=O)(=O)c1nnc(NC(=O)c2ccccc2Cl)s1. The van der Waals surface area contributed by atoms with Crippen LogP contribution in [0.2, 0.25) is 5.02 Å². The molecule has 0 unspecified atom stereocenters. The smallest absolute Gasteiger partial charge is 0.291 e. The molecule has 0 atom stereocenters. The van der Waals surface area contributed by atoms with Crippen LogP contribution in [0.4, 0.5) is 10.8 Å². The van der Waals surface area contributed by atoms with Crippen LogP contribution in [-0.2, 0) is 10.0 Å². The third-order valence-electron chi connectivity index (χ3n) is 3.81. The number of nitrogens with one attached hydrogen (secondary N) is 3. The molecule has 3 rings (SSSR count). The highest BCUT2D eigenvalue weighted by atomic mass is 35.5. The number of benzene rings is 2. The van der Waals surface area contributed by atoms with Crippen molar-refractivity contribution >= 4 is 55.6 Å². The van der Waals surface area contributed by atoms with Crippen molar-refractivity contribution in [2.24, 2.45) is 0 Å². The molecule has 2 amide bonds. The Balaban J connectivity index is 1.79. The van der Waals surface area contributed by atoms with Crippen LogP contribution in [0, 0.1) is 0 Å². The lowest BCUT2D eigenvalue weighted by Gasteiger charge is -2.13. The van der Waals surface area contributed by atoms with E-state index in [0.717, 1.165) is 0 Å². The highest BCUT2D eigenvalue weighted by Crippen LogP contribution is 2.25. The third-order valence-corrected chi connectivity index (χ3v) is 6.71. The van der Waals surface area contributed by atoms with E-state index in [1.54, 1.807) is 44.2 Å². The molecule has 0 saturated carbocycles. The van der Waals surface area contributed by atoms with Crippen LogP contribution >= 0.6 is 22.9 Å². The number of sulfonamides is 1. The van der Waals surface area contributed by atoms with Gasteiger partial charge in [0.1, 0.15) is 0 Å². The Morgan fingerprint density at radius 2 is 1.61 bits per heavy atom. The minimum absolute atomic E-state index is 0.0175. The summed E-state index contributed by atoms with van der Waals surface area (Å²) in [5.41, 5.74) is 0.473. The van der Waals surface area contributed by atoms with Crippen LogP contribution in [-0.4, -0.2) is 36.5 Å². The normalized spacial score (nSPS) is 11.2. The summed E-state index contributed by atoms with van der Waals surface area (Å²) in [6.45, 7) is 3.59. The summed E-state index contributed by atoms with van der Waals surface area (Å²) in [6, 6.07) is 12.5. The second-order valence-electron chi connectivity index (χ2n) is 6.59. The van der Waals surface area contributed by atoms with Gasteiger partial charge in [-0.2, -0.15) is 8.42 Å². The number of aromatic nitrogens is 2. The van der Waals surface area contributed by atoms with Gasteiger partial charge in [0.25, 0.3) is 26.2 Å². The van der Waals surface area contributed by atoms with Gasteiger partial charge in [-0.25, -0.2) is 0 Å². The van der Waals surface area contributed by atoms with Gasteiger partial charge >= 0.3 is 0 Å². The first-order valence-corrected chi connectivity index (χ1v) is 11.7. The molecule has 0 aliphatic carbocycles. The number of amides is 2.